The Bertz CT molecular complexity index is 1590. The lowest BCUT2D eigenvalue weighted by Crippen LogP contribution is -2.11. The molecule has 5 aromatic rings. The second-order valence-electron chi connectivity index (χ2n) is 8.09. The molecule has 0 unspecified atom stereocenters. The van der Waals surface area contributed by atoms with E-state index in [1.165, 1.54) is 48.5 Å². The molecule has 0 aliphatic heterocycles. The van der Waals surface area contributed by atoms with Gasteiger partial charge in [-0.25, -0.2) is 22.5 Å². The molecule has 0 saturated heterocycles. The van der Waals surface area contributed by atoms with E-state index in [0.717, 1.165) is 9.99 Å². The number of phenols is 1. The zero-order chi connectivity index (χ0) is 28.1. The average molecular weight is 666 g/mol. The van der Waals surface area contributed by atoms with E-state index in [1.807, 2.05) is 18.2 Å². The summed E-state index contributed by atoms with van der Waals surface area (Å²) in [6, 6.07) is 21.1. The van der Waals surface area contributed by atoms with E-state index in [0.29, 0.717) is 21.5 Å². The van der Waals surface area contributed by atoms with Crippen LogP contribution < -0.4 is 5.32 Å². The molecule has 0 aliphatic carbocycles. The van der Waals surface area contributed by atoms with Gasteiger partial charge in [0.25, 0.3) is 18.8 Å². The van der Waals surface area contributed by atoms with Gasteiger partial charge in [-0.05, 0) is 60.7 Å². The highest BCUT2D eigenvalue weighted by atomic mass is 79.9. The molecule has 1 aromatic heterocycles. The van der Waals surface area contributed by atoms with Gasteiger partial charge in [-0.3, -0.25) is 4.79 Å². The molecule has 1 amide bonds. The predicted molar refractivity (Wildman–Crippen MR) is 147 cm³/mol. The number of carbonyl (C=O) groups is 1. The quantitative estimate of drug-likeness (QED) is 0.145. The fraction of sp³-hybridized carbons (Fsp3) is 0.0714. The minimum absolute atomic E-state index is 0.0115. The van der Waals surface area contributed by atoms with E-state index in [2.05, 4.69) is 42.2 Å². The molecule has 1 heterocycles. The topological polar surface area (TPSA) is 75.4 Å². The van der Waals surface area contributed by atoms with Crippen molar-refractivity contribution >= 4 is 54.6 Å². The molecule has 0 radical (unpaired) electrons. The van der Waals surface area contributed by atoms with Crippen molar-refractivity contribution in [3.8, 4) is 17.2 Å². The maximum atomic E-state index is 12.5. The maximum Gasteiger partial charge on any atom is 0.263 e. The largest absolute Gasteiger partial charge is 0.506 e. The van der Waals surface area contributed by atoms with Crippen molar-refractivity contribution in [2.75, 3.05) is 5.32 Å². The lowest BCUT2D eigenvalue weighted by Gasteiger charge is -2.08. The van der Waals surface area contributed by atoms with Crippen molar-refractivity contribution < 1.29 is 31.9 Å². The van der Waals surface area contributed by atoms with Crippen molar-refractivity contribution in [2.45, 2.75) is 12.9 Å². The Kier molecular flexibility index (Phi) is 9.03. The number of oxazole rings is 1. The molecule has 0 fully saturated rings. The van der Waals surface area contributed by atoms with E-state index in [1.54, 1.807) is 18.2 Å². The van der Waals surface area contributed by atoms with Gasteiger partial charge in [0, 0.05) is 31.2 Å². The molecule has 5 rings (SSSR count). The number of rotatable bonds is 5. The molecule has 200 valence electrons. The highest BCUT2D eigenvalue weighted by molar-refractivity contribution is 9.10. The Labute approximate surface area is 236 Å². The molecule has 0 bridgehead atoms. The van der Waals surface area contributed by atoms with Gasteiger partial charge in [0.2, 0.25) is 5.89 Å². The summed E-state index contributed by atoms with van der Waals surface area (Å²) >= 11 is 6.54. The van der Waals surface area contributed by atoms with Gasteiger partial charge < -0.3 is 14.8 Å². The summed E-state index contributed by atoms with van der Waals surface area (Å²) in [6.45, 7) is 0. The molecule has 0 aliphatic rings. The Morgan fingerprint density at radius 3 is 1.95 bits per heavy atom. The summed E-state index contributed by atoms with van der Waals surface area (Å²) in [7, 11) is 0. The van der Waals surface area contributed by atoms with Crippen LogP contribution in [-0.4, -0.2) is 16.0 Å². The number of phenolic OH excluding ortho intramolecular Hbond substituents is 1. The first-order valence-electron chi connectivity index (χ1n) is 11.2. The standard InChI is InChI=1S/C14H10BrF2NO2.C14H8BrF2NO/c15-10-5-6-11(12(19)7-10)18-14(20)9-3-1-8(2-4-9)13(16)17;15-10-5-6-11-12(7-10)19-14(18-11)9-3-1-8(2-4-9)13(16)17/h1-7,13,19H,(H,18,20);1-7,13H. The number of fused-ring (bicyclic) bond motifs is 1. The first-order chi connectivity index (χ1) is 18.6. The van der Waals surface area contributed by atoms with Crippen LogP contribution in [0.15, 0.2) is 98.3 Å². The summed E-state index contributed by atoms with van der Waals surface area (Å²) in [5.74, 6) is -0.144. The number of nitrogens with one attached hydrogen (secondary N) is 1. The van der Waals surface area contributed by atoms with E-state index in [9.17, 15) is 27.5 Å². The number of anilines is 1. The second kappa shape index (κ2) is 12.4. The van der Waals surface area contributed by atoms with Crippen molar-refractivity contribution in [2.24, 2.45) is 0 Å². The third-order valence-electron chi connectivity index (χ3n) is 5.39. The fourth-order valence-electron chi connectivity index (χ4n) is 3.38. The lowest BCUT2D eigenvalue weighted by molar-refractivity contribution is 0.102. The maximum absolute atomic E-state index is 12.5. The van der Waals surface area contributed by atoms with Crippen molar-refractivity contribution in [3.63, 3.8) is 0 Å². The highest BCUT2D eigenvalue weighted by Crippen LogP contribution is 2.29. The van der Waals surface area contributed by atoms with Crippen LogP contribution in [0, 0.1) is 0 Å². The van der Waals surface area contributed by atoms with Gasteiger partial charge in [-0.15, -0.1) is 0 Å². The normalized spacial score (nSPS) is 11.0. The van der Waals surface area contributed by atoms with Gasteiger partial charge in [0.05, 0.1) is 5.69 Å². The fourth-order valence-corrected chi connectivity index (χ4v) is 4.07. The molecule has 11 heteroatoms. The van der Waals surface area contributed by atoms with Crippen LogP contribution in [0.3, 0.4) is 0 Å². The number of hydrogen-bond donors (Lipinski definition) is 2. The van der Waals surface area contributed by atoms with Gasteiger partial charge >= 0.3 is 0 Å². The second-order valence-corrected chi connectivity index (χ2v) is 9.92. The molecule has 0 atom stereocenters. The molecule has 39 heavy (non-hydrogen) atoms. The van der Waals surface area contributed by atoms with Gasteiger partial charge in [-0.1, -0.05) is 56.1 Å². The average Bonchev–Trinajstić information content (AvgIpc) is 3.34. The third kappa shape index (κ3) is 7.24. The molecule has 4 aromatic carbocycles. The first kappa shape index (κ1) is 28.3. The summed E-state index contributed by atoms with van der Waals surface area (Å²) in [4.78, 5) is 16.2. The van der Waals surface area contributed by atoms with Gasteiger partial charge in [0.15, 0.2) is 5.58 Å². The SMILES string of the molecule is FC(F)c1ccc(-c2nc3ccc(Br)cc3o2)cc1.O=C(Nc1ccc(Br)cc1O)c1ccc(C(F)F)cc1. The molecular weight excluding hydrogens is 648 g/mol. The zero-order valence-corrected chi connectivity index (χ0v) is 22.9. The van der Waals surface area contributed by atoms with Gasteiger partial charge in [-0.2, -0.15) is 0 Å². The minimum atomic E-state index is -2.57. The summed E-state index contributed by atoms with van der Waals surface area (Å²) in [5.41, 5.74) is 2.39. The molecule has 0 spiro atoms. The van der Waals surface area contributed by atoms with Crippen LogP contribution in [0.1, 0.15) is 34.3 Å². The number of alkyl halides is 4. The number of aromatic nitrogens is 1. The molecular formula is C28H18Br2F4N2O3. The van der Waals surface area contributed by atoms with E-state index in [4.69, 9.17) is 4.42 Å². The van der Waals surface area contributed by atoms with Crippen LogP contribution >= 0.6 is 31.9 Å². The Morgan fingerprint density at radius 2 is 1.36 bits per heavy atom. The number of nitrogens with zero attached hydrogens (tertiary/aromatic N) is 1. The van der Waals surface area contributed by atoms with Crippen molar-refractivity contribution in [3.05, 3.63) is 111 Å². The summed E-state index contributed by atoms with van der Waals surface area (Å²) in [6.07, 6.45) is -5.03. The number of halogens is 6. The number of benzene rings is 4. The number of carbonyl (C=O) groups excluding carboxylic acids is 1. The number of amides is 1. The minimum Gasteiger partial charge on any atom is -0.506 e. The van der Waals surface area contributed by atoms with Crippen LogP contribution in [0.2, 0.25) is 0 Å². The summed E-state index contributed by atoms with van der Waals surface area (Å²) in [5, 5.41) is 12.2. The monoisotopic (exact) mass is 664 g/mol. The lowest BCUT2D eigenvalue weighted by atomic mass is 10.1. The smallest absolute Gasteiger partial charge is 0.263 e. The highest BCUT2D eigenvalue weighted by Gasteiger charge is 2.12. The number of hydrogen-bond acceptors (Lipinski definition) is 4. The van der Waals surface area contributed by atoms with Crippen LogP contribution in [0.4, 0.5) is 23.2 Å². The molecule has 0 saturated carbocycles. The van der Waals surface area contributed by atoms with Crippen LogP contribution in [-0.2, 0) is 0 Å². The first-order valence-corrected chi connectivity index (χ1v) is 12.8. The Morgan fingerprint density at radius 1 is 0.795 bits per heavy atom. The molecule has 5 nitrogen and oxygen atoms in total. The Hall–Kier alpha value is -3.70. The molecule has 2 N–H and O–H groups in total. The van der Waals surface area contributed by atoms with E-state index < -0.39 is 18.8 Å². The predicted octanol–water partition coefficient (Wildman–Crippen LogP) is 9.54. The number of aromatic hydroxyl groups is 1. The van der Waals surface area contributed by atoms with Crippen molar-refractivity contribution in [1.82, 2.24) is 4.98 Å². The van der Waals surface area contributed by atoms with Gasteiger partial charge in [0.1, 0.15) is 11.3 Å². The van der Waals surface area contributed by atoms with Crippen LogP contribution in [0.5, 0.6) is 5.75 Å². The van der Waals surface area contributed by atoms with Crippen LogP contribution in [0.25, 0.3) is 22.6 Å². The zero-order valence-electron chi connectivity index (χ0n) is 19.7. The van der Waals surface area contributed by atoms with Crippen molar-refractivity contribution in [1.29, 1.82) is 0 Å². The third-order valence-corrected chi connectivity index (χ3v) is 6.38. The Balaban J connectivity index is 0.000000181. The summed E-state index contributed by atoms with van der Waals surface area (Å²) < 4.78 is 56.9. The van der Waals surface area contributed by atoms with E-state index >= 15 is 0 Å². The van der Waals surface area contributed by atoms with E-state index in [-0.39, 0.29) is 28.1 Å².